The van der Waals surface area contributed by atoms with Gasteiger partial charge in [-0.1, -0.05) is 90.5 Å². The minimum absolute atomic E-state index is 0.321. The van der Waals surface area contributed by atoms with Crippen LogP contribution in [0.15, 0.2) is 42.5 Å². The lowest BCUT2D eigenvalue weighted by Gasteiger charge is -2.36. The van der Waals surface area contributed by atoms with Gasteiger partial charge in [-0.05, 0) is 92.7 Å². The summed E-state index contributed by atoms with van der Waals surface area (Å²) < 4.78 is 3.93. The average Bonchev–Trinajstić information content (AvgIpc) is 2.97. The average molecular weight is 686 g/mol. The van der Waals surface area contributed by atoms with Crippen molar-refractivity contribution in [2.45, 2.75) is 81.2 Å². The summed E-state index contributed by atoms with van der Waals surface area (Å²) in [7, 11) is 0. The monoisotopic (exact) mass is 684 g/mol. The molecule has 0 radical (unpaired) electrons. The van der Waals surface area contributed by atoms with Gasteiger partial charge >= 0.3 is 12.1 Å². The number of carboxylic acids is 1. The molecule has 1 saturated carbocycles. The van der Waals surface area contributed by atoms with Crippen LogP contribution in [-0.4, -0.2) is 68.5 Å². The smallest absolute Gasteiger partial charge is 0.410 e. The highest BCUT2D eigenvalue weighted by molar-refractivity contribution is 7.98. The van der Waals surface area contributed by atoms with E-state index < -0.39 is 33.4 Å². The summed E-state index contributed by atoms with van der Waals surface area (Å²) in [5.74, 6) is -0.530. The number of hydrogen-bond donors (Lipinski definition) is 2. The SMILES string of the molecule is CSCCC(NC(=O)c1ccc(CCN(CC2CCCCC2)C(=O)OC(C)(C)C(Cl)(Cl)Cl)cc1-c1ccccc1C)C(=O)O. The number of hydrogen-bond acceptors (Lipinski definition) is 5. The second kappa shape index (κ2) is 16.4. The van der Waals surface area contributed by atoms with E-state index in [1.54, 1.807) is 24.8 Å². The Labute approximate surface area is 280 Å². The minimum Gasteiger partial charge on any atom is -0.480 e. The van der Waals surface area contributed by atoms with E-state index in [4.69, 9.17) is 39.5 Å². The lowest BCUT2D eigenvalue weighted by molar-refractivity contribution is -0.139. The topological polar surface area (TPSA) is 95.9 Å². The number of nitrogens with zero attached hydrogens (tertiary/aromatic N) is 1. The fourth-order valence-electron chi connectivity index (χ4n) is 5.32. The highest BCUT2D eigenvalue weighted by Crippen LogP contribution is 2.40. The second-order valence-corrected chi connectivity index (χ2v) is 15.2. The first kappa shape index (κ1) is 36.3. The molecule has 7 nitrogen and oxygen atoms in total. The first-order valence-corrected chi connectivity index (χ1v) is 17.5. The molecule has 2 aromatic carbocycles. The predicted molar refractivity (Wildman–Crippen MR) is 181 cm³/mol. The van der Waals surface area contributed by atoms with Crippen molar-refractivity contribution >= 4 is 64.5 Å². The van der Waals surface area contributed by atoms with E-state index in [-0.39, 0.29) is 0 Å². The van der Waals surface area contributed by atoms with Crippen LogP contribution >= 0.6 is 46.6 Å². The highest BCUT2D eigenvalue weighted by Gasteiger charge is 2.45. The first-order chi connectivity index (χ1) is 20.7. The molecule has 2 N–H and O–H groups in total. The molecule has 1 aliphatic carbocycles. The maximum absolute atomic E-state index is 13.4. The molecule has 3 rings (SSSR count). The molecular weight excluding hydrogens is 643 g/mol. The van der Waals surface area contributed by atoms with Gasteiger partial charge in [-0.2, -0.15) is 11.8 Å². The normalized spacial score (nSPS) is 15.0. The number of carbonyl (C=O) groups excluding carboxylic acids is 2. The number of halogens is 3. The summed E-state index contributed by atoms with van der Waals surface area (Å²) in [5, 5.41) is 12.4. The number of carboxylic acid groups (broad SMARTS) is 1. The number of benzene rings is 2. The number of thioether (sulfide) groups is 1. The Morgan fingerprint density at radius 1 is 1.07 bits per heavy atom. The van der Waals surface area contributed by atoms with Gasteiger partial charge in [-0.15, -0.1) is 0 Å². The predicted octanol–water partition coefficient (Wildman–Crippen LogP) is 8.31. The Hall–Kier alpha value is -2.13. The molecule has 44 heavy (non-hydrogen) atoms. The molecule has 0 bridgehead atoms. The molecule has 1 aliphatic rings. The molecule has 2 amide bonds. The van der Waals surface area contributed by atoms with Gasteiger partial charge in [0.2, 0.25) is 3.79 Å². The van der Waals surface area contributed by atoms with Crippen LogP contribution in [0.3, 0.4) is 0 Å². The van der Waals surface area contributed by atoms with Gasteiger partial charge in [-0.25, -0.2) is 9.59 Å². The summed E-state index contributed by atoms with van der Waals surface area (Å²) >= 11 is 19.9. The summed E-state index contributed by atoms with van der Waals surface area (Å²) in [4.78, 5) is 40.4. The Bertz CT molecular complexity index is 1290. The Kier molecular flexibility index (Phi) is 13.6. The van der Waals surface area contributed by atoms with Crippen molar-refractivity contribution in [3.8, 4) is 11.1 Å². The van der Waals surface area contributed by atoms with Gasteiger partial charge < -0.3 is 20.1 Å². The number of ether oxygens (including phenoxy) is 1. The molecule has 0 aromatic heterocycles. The lowest BCUT2D eigenvalue weighted by Crippen LogP contribution is -2.47. The molecular formula is C33H43Cl3N2O5S. The third kappa shape index (κ3) is 10.2. The van der Waals surface area contributed by atoms with Crippen molar-refractivity contribution < 1.29 is 24.2 Å². The minimum atomic E-state index is -1.80. The summed E-state index contributed by atoms with van der Waals surface area (Å²) in [6, 6.07) is 12.3. The van der Waals surface area contributed by atoms with Gasteiger partial charge in [-0.3, -0.25) is 4.79 Å². The van der Waals surface area contributed by atoms with E-state index in [1.165, 1.54) is 18.2 Å². The first-order valence-electron chi connectivity index (χ1n) is 15.0. The van der Waals surface area contributed by atoms with Gasteiger partial charge in [0.05, 0.1) is 0 Å². The highest BCUT2D eigenvalue weighted by atomic mass is 35.6. The zero-order chi connectivity index (χ0) is 32.5. The van der Waals surface area contributed by atoms with Crippen molar-refractivity contribution in [3.05, 3.63) is 59.2 Å². The van der Waals surface area contributed by atoms with Crippen LogP contribution in [0.5, 0.6) is 0 Å². The van der Waals surface area contributed by atoms with Gasteiger partial charge in [0, 0.05) is 18.7 Å². The molecule has 11 heteroatoms. The third-order valence-electron chi connectivity index (χ3n) is 8.13. The second-order valence-electron chi connectivity index (χ2n) is 11.9. The van der Waals surface area contributed by atoms with Crippen LogP contribution in [0.4, 0.5) is 4.79 Å². The number of amides is 2. The molecule has 1 unspecified atom stereocenters. The number of carbonyl (C=O) groups is 3. The van der Waals surface area contributed by atoms with Gasteiger partial charge in [0.15, 0.2) is 5.60 Å². The Morgan fingerprint density at radius 3 is 2.36 bits per heavy atom. The Balaban J connectivity index is 1.89. The number of nitrogens with one attached hydrogen (secondary N) is 1. The van der Waals surface area contributed by atoms with E-state index in [2.05, 4.69) is 5.32 Å². The van der Waals surface area contributed by atoms with E-state index in [0.717, 1.165) is 42.4 Å². The number of aryl methyl sites for hydroxylation is 1. The van der Waals surface area contributed by atoms with Crippen LogP contribution in [0.2, 0.25) is 0 Å². The van der Waals surface area contributed by atoms with Crippen LogP contribution in [0, 0.1) is 12.8 Å². The van der Waals surface area contributed by atoms with Crippen LogP contribution < -0.4 is 5.32 Å². The number of alkyl halides is 3. The fraction of sp³-hybridized carbons (Fsp3) is 0.545. The van der Waals surface area contributed by atoms with Crippen LogP contribution in [-0.2, 0) is 16.0 Å². The zero-order valence-corrected chi connectivity index (χ0v) is 28.9. The fourth-order valence-corrected chi connectivity index (χ4v) is 5.90. The molecule has 1 fully saturated rings. The summed E-state index contributed by atoms with van der Waals surface area (Å²) in [6.45, 7) is 6.04. The quantitative estimate of drug-likeness (QED) is 0.206. The van der Waals surface area contributed by atoms with Crippen molar-refractivity contribution in [2.75, 3.05) is 25.1 Å². The lowest BCUT2D eigenvalue weighted by atomic mass is 9.89. The maximum atomic E-state index is 13.4. The number of aliphatic carboxylic acids is 1. The van der Waals surface area contributed by atoms with Gasteiger partial charge in [0.1, 0.15) is 6.04 Å². The molecule has 2 aromatic rings. The molecule has 0 aliphatic heterocycles. The Morgan fingerprint density at radius 2 is 1.75 bits per heavy atom. The molecule has 0 saturated heterocycles. The van der Waals surface area contributed by atoms with Crippen LogP contribution in [0.1, 0.15) is 73.9 Å². The van der Waals surface area contributed by atoms with Gasteiger partial charge in [0.25, 0.3) is 5.91 Å². The van der Waals surface area contributed by atoms with Crippen molar-refractivity contribution in [3.63, 3.8) is 0 Å². The zero-order valence-electron chi connectivity index (χ0n) is 25.8. The third-order valence-corrected chi connectivity index (χ3v) is 10.1. The van der Waals surface area contributed by atoms with E-state index in [0.29, 0.717) is 48.7 Å². The molecule has 242 valence electrons. The summed E-state index contributed by atoms with van der Waals surface area (Å²) in [5.41, 5.74) is 2.52. The maximum Gasteiger partial charge on any atom is 0.410 e. The van der Waals surface area contributed by atoms with E-state index in [9.17, 15) is 19.5 Å². The van der Waals surface area contributed by atoms with Crippen molar-refractivity contribution in [1.29, 1.82) is 0 Å². The standard InChI is InChI=1S/C33H43Cl3N2O5S/c1-22-10-8-9-13-25(22)27-20-23(14-15-26(27)29(39)37-28(30(40)41)17-19-44-4)16-18-38(21-24-11-6-5-7-12-24)31(42)43-32(2,3)33(34,35)36/h8-10,13-15,20,24,28H,5-7,11-12,16-19,21H2,1-4H3,(H,37,39)(H,40,41). The largest absolute Gasteiger partial charge is 0.480 e. The van der Waals surface area contributed by atoms with Crippen LogP contribution in [0.25, 0.3) is 11.1 Å². The van der Waals surface area contributed by atoms with E-state index in [1.807, 2.05) is 49.6 Å². The van der Waals surface area contributed by atoms with Crippen molar-refractivity contribution in [1.82, 2.24) is 10.2 Å². The van der Waals surface area contributed by atoms with Crippen molar-refractivity contribution in [2.24, 2.45) is 5.92 Å². The van der Waals surface area contributed by atoms with E-state index >= 15 is 0 Å². The molecule has 0 heterocycles. The molecule has 1 atom stereocenters. The molecule has 0 spiro atoms. The summed E-state index contributed by atoms with van der Waals surface area (Å²) in [6.07, 6.45) is 7.76. The number of rotatable bonds is 13.